The molecule has 1 atom stereocenters. The molecule has 3 aromatic carbocycles. The van der Waals surface area contributed by atoms with Crippen LogP contribution in [0.4, 0.5) is 0 Å². The fraction of sp³-hybridized carbons (Fsp3) is 0.321. The minimum atomic E-state index is -2.81. The van der Waals surface area contributed by atoms with Crippen molar-refractivity contribution in [2.45, 2.75) is 33.5 Å². The van der Waals surface area contributed by atoms with Crippen molar-refractivity contribution in [1.82, 2.24) is 5.32 Å². The summed E-state index contributed by atoms with van der Waals surface area (Å²) in [6.45, 7) is 3.51. The Kier molecular flexibility index (Phi) is 13.2. The van der Waals surface area contributed by atoms with Crippen molar-refractivity contribution >= 4 is 47.6 Å². The summed E-state index contributed by atoms with van der Waals surface area (Å²) < 4.78 is 26.7. The third kappa shape index (κ3) is 9.47. The van der Waals surface area contributed by atoms with E-state index in [1.54, 1.807) is 19.2 Å². The highest BCUT2D eigenvalue weighted by Gasteiger charge is 2.23. The molecule has 7 nitrogen and oxygen atoms in total. The van der Waals surface area contributed by atoms with Gasteiger partial charge in [0.25, 0.3) is 5.91 Å². The fourth-order valence-electron chi connectivity index (χ4n) is 3.48. The Hall–Kier alpha value is -2.16. The van der Waals surface area contributed by atoms with Crippen LogP contribution in [-0.4, -0.2) is 34.3 Å². The first-order valence-electron chi connectivity index (χ1n) is 11.9. The highest BCUT2D eigenvalue weighted by molar-refractivity contribution is 8.07. The van der Waals surface area contributed by atoms with Crippen LogP contribution in [0.5, 0.6) is 11.5 Å². The molecule has 0 aliphatic rings. The maximum atomic E-state index is 12.0. The number of aryl methyl sites for hydroxylation is 3. The van der Waals surface area contributed by atoms with Gasteiger partial charge in [0.15, 0.2) is 11.9 Å². The minimum absolute atomic E-state index is 0.174. The largest absolute Gasteiger partial charge is 0.489 e. The molecule has 0 unspecified atom stereocenters. The Morgan fingerprint density at radius 2 is 1.56 bits per heavy atom. The molecule has 1 amide bonds. The number of methoxy groups -OCH3 is 1. The predicted octanol–water partition coefficient (Wildman–Crippen LogP) is 7.51. The molecule has 0 aromatic heterocycles. The lowest BCUT2D eigenvalue weighted by molar-refractivity contribution is -0.130. The predicted molar refractivity (Wildman–Crippen MR) is 161 cm³/mol. The Labute approximate surface area is 245 Å². The van der Waals surface area contributed by atoms with Crippen molar-refractivity contribution in [3.05, 3.63) is 92.5 Å². The Morgan fingerprint density at radius 3 is 2.13 bits per heavy atom. The standard InChI is InChI=1S/C19H23NO3.C9H11Cl2O3PS/c1-13-9-10-14(2)17(11-13)23-12-15-7-5-6-8-16(15)18(22-4)19(21)20-3;1-6-4-7(10)9(8(11)5-6)14-15(16,12-2)13-3/h5-11,18H,12H2,1-4H3,(H,20,21);4-5H,1-3H3/t18-;/m1./s1. The number of carbonyl (C=O) groups is 1. The van der Waals surface area contributed by atoms with Gasteiger partial charge in [-0.15, -0.1) is 0 Å². The van der Waals surface area contributed by atoms with Crippen LogP contribution in [0, 0.1) is 20.8 Å². The van der Waals surface area contributed by atoms with Gasteiger partial charge in [-0.2, -0.15) is 0 Å². The zero-order valence-electron chi connectivity index (χ0n) is 23.0. The average molecular weight is 615 g/mol. The van der Waals surface area contributed by atoms with Crippen molar-refractivity contribution in [3.63, 3.8) is 0 Å². The Morgan fingerprint density at radius 1 is 0.949 bits per heavy atom. The van der Waals surface area contributed by atoms with Gasteiger partial charge in [0.05, 0.1) is 10.0 Å². The number of amides is 1. The van der Waals surface area contributed by atoms with Crippen molar-refractivity contribution < 1.29 is 27.8 Å². The Balaban J connectivity index is 0.000000293. The van der Waals surface area contributed by atoms with E-state index in [1.807, 2.05) is 57.2 Å². The molecule has 3 aromatic rings. The second-order valence-electron chi connectivity index (χ2n) is 8.45. The number of nitrogens with one attached hydrogen (secondary N) is 1. The lowest BCUT2D eigenvalue weighted by atomic mass is 10.0. The summed E-state index contributed by atoms with van der Waals surface area (Å²) in [6, 6.07) is 17.3. The summed E-state index contributed by atoms with van der Waals surface area (Å²) in [6.07, 6.45) is -0.640. The second kappa shape index (κ2) is 15.6. The molecular weight excluding hydrogens is 580 g/mol. The molecule has 0 aliphatic heterocycles. The monoisotopic (exact) mass is 613 g/mol. The van der Waals surface area contributed by atoms with E-state index in [1.165, 1.54) is 21.3 Å². The fourth-order valence-corrected chi connectivity index (χ4v) is 5.20. The van der Waals surface area contributed by atoms with Gasteiger partial charge in [-0.1, -0.05) is 59.6 Å². The summed E-state index contributed by atoms with van der Waals surface area (Å²) in [4.78, 5) is 12.0. The van der Waals surface area contributed by atoms with Gasteiger partial charge >= 0.3 is 6.72 Å². The van der Waals surface area contributed by atoms with Crippen LogP contribution in [0.15, 0.2) is 54.6 Å². The van der Waals surface area contributed by atoms with E-state index in [0.29, 0.717) is 22.4 Å². The van der Waals surface area contributed by atoms with E-state index >= 15 is 0 Å². The average Bonchev–Trinajstić information content (AvgIpc) is 2.92. The zero-order valence-corrected chi connectivity index (χ0v) is 26.3. The lowest BCUT2D eigenvalue weighted by Gasteiger charge is -2.19. The maximum Gasteiger partial charge on any atom is 0.380 e. The van der Waals surface area contributed by atoms with Crippen LogP contribution in [0.3, 0.4) is 0 Å². The third-order valence-corrected chi connectivity index (χ3v) is 8.56. The molecule has 0 radical (unpaired) electrons. The molecule has 0 fully saturated rings. The van der Waals surface area contributed by atoms with E-state index in [0.717, 1.165) is 33.6 Å². The second-order valence-corrected chi connectivity index (χ2v) is 12.4. The molecule has 3 rings (SSSR count). The first-order valence-corrected chi connectivity index (χ1v) is 15.2. The minimum Gasteiger partial charge on any atom is -0.489 e. The van der Waals surface area contributed by atoms with Crippen LogP contribution in [0.25, 0.3) is 0 Å². The topological polar surface area (TPSA) is 75.3 Å². The van der Waals surface area contributed by atoms with E-state index in [-0.39, 0.29) is 5.91 Å². The van der Waals surface area contributed by atoms with Gasteiger partial charge in [-0.25, -0.2) is 0 Å². The lowest BCUT2D eigenvalue weighted by Crippen LogP contribution is -2.27. The molecule has 0 saturated heterocycles. The van der Waals surface area contributed by atoms with Crippen LogP contribution < -0.4 is 14.6 Å². The molecule has 0 aliphatic carbocycles. The number of benzene rings is 3. The summed E-state index contributed by atoms with van der Waals surface area (Å²) in [5.74, 6) is 0.973. The van der Waals surface area contributed by atoms with Gasteiger partial charge in [0.1, 0.15) is 12.4 Å². The van der Waals surface area contributed by atoms with Crippen molar-refractivity contribution in [1.29, 1.82) is 0 Å². The normalized spacial score (nSPS) is 11.7. The molecule has 0 saturated carbocycles. The van der Waals surface area contributed by atoms with Crippen molar-refractivity contribution in [3.8, 4) is 11.5 Å². The first kappa shape index (κ1) is 33.0. The van der Waals surface area contributed by atoms with Crippen LogP contribution in [0.1, 0.15) is 33.9 Å². The molecule has 212 valence electrons. The highest BCUT2D eigenvalue weighted by atomic mass is 35.5. The molecule has 0 heterocycles. The van der Waals surface area contributed by atoms with Crippen molar-refractivity contribution in [2.24, 2.45) is 0 Å². The Bertz CT molecular complexity index is 1290. The molecule has 0 bridgehead atoms. The summed E-state index contributed by atoms with van der Waals surface area (Å²) in [5.41, 5.74) is 4.93. The van der Waals surface area contributed by atoms with Gasteiger partial charge in [0.2, 0.25) is 0 Å². The van der Waals surface area contributed by atoms with Gasteiger partial charge in [0, 0.05) is 40.2 Å². The number of hydrogen-bond acceptors (Lipinski definition) is 7. The van der Waals surface area contributed by atoms with Crippen LogP contribution >= 0.6 is 29.9 Å². The third-order valence-electron chi connectivity index (χ3n) is 5.58. The molecule has 1 N–H and O–H groups in total. The molecule has 39 heavy (non-hydrogen) atoms. The van der Waals surface area contributed by atoms with Gasteiger partial charge < -0.3 is 28.4 Å². The summed E-state index contributed by atoms with van der Waals surface area (Å²) in [5, 5.41) is 3.39. The van der Waals surface area contributed by atoms with E-state index in [2.05, 4.69) is 11.4 Å². The quantitative estimate of drug-likeness (QED) is 0.237. The number of rotatable bonds is 10. The van der Waals surface area contributed by atoms with E-state index in [4.69, 9.17) is 58.1 Å². The summed E-state index contributed by atoms with van der Waals surface area (Å²) >= 11 is 17.1. The van der Waals surface area contributed by atoms with Gasteiger partial charge in [-0.05, 0) is 66.8 Å². The maximum absolute atomic E-state index is 12.0. The number of halogens is 2. The summed E-state index contributed by atoms with van der Waals surface area (Å²) in [7, 11) is 5.96. The molecule has 11 heteroatoms. The molecule has 0 spiro atoms. The van der Waals surface area contributed by atoms with Crippen LogP contribution in [0.2, 0.25) is 10.0 Å². The molecular formula is C28H34Cl2NO6PS. The van der Waals surface area contributed by atoms with E-state index < -0.39 is 12.8 Å². The van der Waals surface area contributed by atoms with E-state index in [9.17, 15) is 4.79 Å². The SMILES string of the molecule is CNC(=O)[C@H](OC)c1ccccc1COc1cc(C)ccc1C.COP(=S)(OC)Oc1c(Cl)cc(C)cc1Cl. The van der Waals surface area contributed by atoms with Crippen molar-refractivity contribution in [2.75, 3.05) is 28.4 Å². The number of likely N-dealkylation sites (N-methyl/N-ethyl adjacent to an activating group) is 1. The van der Waals surface area contributed by atoms with Crippen LogP contribution in [-0.2, 0) is 37.0 Å². The number of carbonyl (C=O) groups excluding carboxylic acids is 1. The van der Waals surface area contributed by atoms with Gasteiger partial charge in [-0.3, -0.25) is 4.79 Å². The zero-order chi connectivity index (χ0) is 29.2. The number of hydrogen-bond donors (Lipinski definition) is 1. The number of ether oxygens (including phenoxy) is 2. The smallest absolute Gasteiger partial charge is 0.380 e. The highest BCUT2D eigenvalue weighted by Crippen LogP contribution is 2.51. The first-order chi connectivity index (χ1) is 18.5.